The van der Waals surface area contributed by atoms with Gasteiger partial charge >= 0.3 is 5.97 Å². The summed E-state index contributed by atoms with van der Waals surface area (Å²) < 4.78 is 32.4. The molecule has 1 fully saturated rings. The quantitative estimate of drug-likeness (QED) is 0.145. The number of ether oxygens (including phenoxy) is 3. The molecule has 1 heterocycles. The van der Waals surface area contributed by atoms with E-state index in [4.69, 9.17) is 14.2 Å². The van der Waals surface area contributed by atoms with Gasteiger partial charge in [-0.1, -0.05) is 73.1 Å². The van der Waals surface area contributed by atoms with E-state index < -0.39 is 71.6 Å². The summed E-state index contributed by atoms with van der Waals surface area (Å²) in [6, 6.07) is 2.59. The van der Waals surface area contributed by atoms with Crippen molar-refractivity contribution < 1.29 is 42.6 Å². The number of methoxy groups -OCH3 is 2. The van der Waals surface area contributed by atoms with Crippen LogP contribution >= 0.6 is 0 Å². The summed E-state index contributed by atoms with van der Waals surface area (Å²) >= 11 is 0. The van der Waals surface area contributed by atoms with Gasteiger partial charge in [0.2, 0.25) is 23.6 Å². The molecule has 0 saturated carbocycles. The monoisotopic (exact) mass is 830 g/mol. The summed E-state index contributed by atoms with van der Waals surface area (Å²) in [5, 5.41) is 8.83. The number of rotatable bonds is 21. The Kier molecular flexibility index (Phi) is 17.7. The Balaban J connectivity index is 1.88. The lowest BCUT2D eigenvalue weighted by Crippen LogP contribution is -2.59. The number of esters is 1. The number of likely N-dealkylation sites (N-methyl/N-ethyl adjacent to an activating group) is 2. The minimum absolute atomic E-state index is 0.00595. The molecular formula is C45H72FN5O8. The first-order chi connectivity index (χ1) is 27.5. The maximum atomic E-state index is 14.7. The molecule has 0 bridgehead atoms. The molecule has 59 heavy (non-hydrogen) atoms. The van der Waals surface area contributed by atoms with Gasteiger partial charge in [0.15, 0.2) is 0 Å². The Morgan fingerprint density at radius 1 is 0.932 bits per heavy atom. The van der Waals surface area contributed by atoms with Crippen molar-refractivity contribution in [2.75, 3.05) is 28.3 Å². The molecule has 2 aliphatic rings. The number of hydrogen-bond donors (Lipinski definition) is 3. The second-order valence-electron chi connectivity index (χ2n) is 18.1. The lowest BCUT2D eigenvalue weighted by molar-refractivity contribution is -0.159. The van der Waals surface area contributed by atoms with Crippen LogP contribution < -0.4 is 16.0 Å². The summed E-state index contributed by atoms with van der Waals surface area (Å²) in [5.41, 5.74) is 1.39. The zero-order valence-electron chi connectivity index (χ0n) is 38.1. The maximum absolute atomic E-state index is 14.7. The fourth-order valence-electron chi connectivity index (χ4n) is 8.49. The second-order valence-corrected chi connectivity index (χ2v) is 18.1. The van der Waals surface area contributed by atoms with Crippen LogP contribution in [0.1, 0.15) is 101 Å². The molecule has 3 rings (SSSR count). The average Bonchev–Trinajstić information content (AvgIpc) is 3.59. The SMILES string of the molecule is CC[C@H](C)[C@@H]([C@@H](CC(=O)N1C2=C(C)[C@H]2C[C@H]1[C@H](OC)[C@@H](C)C(=O)N[C@@H](Cc1ccccc1F)C(=O)OC(C)(C)C)OC)N(C)C(=O)[C@@H](NC(=O)[C@@H](NC)C(C)C)C(C)C. The lowest BCUT2D eigenvalue weighted by Gasteiger charge is -2.41. The van der Waals surface area contributed by atoms with E-state index in [-0.39, 0.29) is 59.8 Å². The van der Waals surface area contributed by atoms with Gasteiger partial charge in [-0.3, -0.25) is 19.2 Å². The van der Waals surface area contributed by atoms with Crippen molar-refractivity contribution in [1.82, 2.24) is 25.8 Å². The fourth-order valence-corrected chi connectivity index (χ4v) is 8.49. The number of carbonyl (C=O) groups excluding carboxylic acids is 5. The van der Waals surface area contributed by atoms with Gasteiger partial charge in [-0.15, -0.1) is 0 Å². The number of carbonyl (C=O) groups is 5. The van der Waals surface area contributed by atoms with Crippen LogP contribution in [0.2, 0.25) is 0 Å². The van der Waals surface area contributed by atoms with E-state index in [2.05, 4.69) is 16.0 Å². The van der Waals surface area contributed by atoms with Gasteiger partial charge in [0.1, 0.15) is 23.5 Å². The molecule has 1 aliphatic carbocycles. The van der Waals surface area contributed by atoms with E-state index in [1.807, 2.05) is 48.5 Å². The Bertz CT molecular complexity index is 1680. The van der Waals surface area contributed by atoms with Crippen LogP contribution in [-0.4, -0.2) is 116 Å². The first-order valence-electron chi connectivity index (χ1n) is 21.1. The van der Waals surface area contributed by atoms with Crippen molar-refractivity contribution in [2.45, 2.75) is 150 Å². The van der Waals surface area contributed by atoms with E-state index in [1.165, 1.54) is 20.3 Å². The van der Waals surface area contributed by atoms with Crippen LogP contribution in [0.3, 0.4) is 0 Å². The molecule has 1 aliphatic heterocycles. The van der Waals surface area contributed by atoms with E-state index in [9.17, 15) is 28.4 Å². The lowest BCUT2D eigenvalue weighted by atomic mass is 9.89. The molecular weight excluding hydrogens is 758 g/mol. The third-order valence-corrected chi connectivity index (χ3v) is 12.0. The molecule has 0 radical (unpaired) electrons. The highest BCUT2D eigenvalue weighted by Crippen LogP contribution is 2.53. The molecule has 1 aromatic rings. The van der Waals surface area contributed by atoms with Crippen LogP contribution in [0.25, 0.3) is 0 Å². The van der Waals surface area contributed by atoms with Gasteiger partial charge in [-0.05, 0) is 76.1 Å². The van der Waals surface area contributed by atoms with Crippen molar-refractivity contribution in [2.24, 2.45) is 29.6 Å². The molecule has 332 valence electrons. The summed E-state index contributed by atoms with van der Waals surface area (Å²) in [7, 11) is 6.45. The van der Waals surface area contributed by atoms with Crippen molar-refractivity contribution in [3.63, 3.8) is 0 Å². The second kappa shape index (κ2) is 21.1. The predicted octanol–water partition coefficient (Wildman–Crippen LogP) is 5.01. The van der Waals surface area contributed by atoms with E-state index in [0.717, 1.165) is 11.3 Å². The van der Waals surface area contributed by atoms with Crippen molar-refractivity contribution >= 4 is 29.6 Å². The third-order valence-electron chi connectivity index (χ3n) is 12.0. The van der Waals surface area contributed by atoms with Crippen LogP contribution in [0.15, 0.2) is 35.5 Å². The highest BCUT2D eigenvalue weighted by Gasteiger charge is 2.55. The zero-order chi connectivity index (χ0) is 44.7. The molecule has 14 heteroatoms. The molecule has 0 unspecified atom stereocenters. The Morgan fingerprint density at radius 2 is 1.54 bits per heavy atom. The van der Waals surface area contributed by atoms with Gasteiger partial charge < -0.3 is 40.0 Å². The normalized spacial score (nSPS) is 20.5. The predicted molar refractivity (Wildman–Crippen MR) is 225 cm³/mol. The fraction of sp³-hybridized carbons (Fsp3) is 0.711. The van der Waals surface area contributed by atoms with E-state index in [1.54, 1.807) is 69.8 Å². The number of halogens is 1. The Hall–Kier alpha value is -3.88. The smallest absolute Gasteiger partial charge is 0.329 e. The molecule has 10 atom stereocenters. The van der Waals surface area contributed by atoms with Crippen molar-refractivity contribution in [3.05, 3.63) is 46.9 Å². The summed E-state index contributed by atoms with van der Waals surface area (Å²) in [4.78, 5) is 72.9. The van der Waals surface area contributed by atoms with Gasteiger partial charge in [0, 0.05) is 39.3 Å². The van der Waals surface area contributed by atoms with Crippen LogP contribution in [0.5, 0.6) is 0 Å². The minimum Gasteiger partial charge on any atom is -0.458 e. The molecule has 0 spiro atoms. The molecule has 1 aromatic carbocycles. The van der Waals surface area contributed by atoms with Crippen LogP contribution in [-0.2, 0) is 44.6 Å². The molecule has 13 nitrogen and oxygen atoms in total. The number of likely N-dealkylation sites (tertiary alicyclic amines) is 1. The number of nitrogens with one attached hydrogen (secondary N) is 3. The third kappa shape index (κ3) is 12.1. The van der Waals surface area contributed by atoms with Gasteiger partial charge in [0.05, 0.1) is 42.7 Å². The highest BCUT2D eigenvalue weighted by atomic mass is 19.1. The highest BCUT2D eigenvalue weighted by molar-refractivity contribution is 5.90. The first-order valence-corrected chi connectivity index (χ1v) is 21.1. The van der Waals surface area contributed by atoms with Crippen LogP contribution in [0.4, 0.5) is 4.39 Å². The van der Waals surface area contributed by atoms with Gasteiger partial charge in [0.25, 0.3) is 0 Å². The van der Waals surface area contributed by atoms with Gasteiger partial charge in [-0.25, -0.2) is 9.18 Å². The van der Waals surface area contributed by atoms with Crippen LogP contribution in [0, 0.1) is 35.4 Å². The number of allylic oxidation sites excluding steroid dienone is 2. The van der Waals surface area contributed by atoms with Crippen molar-refractivity contribution in [3.8, 4) is 0 Å². The largest absolute Gasteiger partial charge is 0.458 e. The molecule has 0 aromatic heterocycles. The number of nitrogens with zero attached hydrogens (tertiary/aromatic N) is 2. The van der Waals surface area contributed by atoms with Crippen molar-refractivity contribution in [1.29, 1.82) is 0 Å². The number of amides is 4. The zero-order valence-corrected chi connectivity index (χ0v) is 38.1. The molecule has 1 saturated heterocycles. The number of fused-ring (bicyclic) bond motifs is 1. The minimum atomic E-state index is -1.18. The topological polar surface area (TPSA) is 156 Å². The Labute approximate surface area is 351 Å². The average molecular weight is 830 g/mol. The number of benzene rings is 1. The Morgan fingerprint density at radius 3 is 2.05 bits per heavy atom. The molecule has 3 N–H and O–H groups in total. The summed E-state index contributed by atoms with van der Waals surface area (Å²) in [6.07, 6.45) is -0.397. The van der Waals surface area contributed by atoms with E-state index >= 15 is 0 Å². The standard InChI is InChI=1S/C45H72FN5O8/c1-16-26(6)38(50(13)43(55)37(25(4)5)49-42(54)36(47-12)24(2)3)34(57-14)23-35(52)51-33(22-30-27(7)39(30)51)40(58-15)28(8)41(53)48-32(44(56)59-45(9,10)11)21-29-19-17-18-20-31(29)46/h17-20,24-26,28,30,32-34,36-38,40,47H,16,21-23H2,1-15H3,(H,48,53)(H,49,54)/t26-,28+,30+,32-,33-,34+,36-,37-,38-,40+/m0/s1. The summed E-state index contributed by atoms with van der Waals surface area (Å²) in [6.45, 7) is 20.5. The maximum Gasteiger partial charge on any atom is 0.329 e. The van der Waals surface area contributed by atoms with E-state index in [0.29, 0.717) is 12.8 Å². The molecule has 4 amide bonds. The summed E-state index contributed by atoms with van der Waals surface area (Å²) in [5.74, 6) is -3.52. The number of hydrogen-bond acceptors (Lipinski definition) is 9. The first kappa shape index (κ1) is 49.5. The van der Waals surface area contributed by atoms with Gasteiger partial charge in [-0.2, -0.15) is 0 Å².